The van der Waals surface area contributed by atoms with E-state index in [1.54, 1.807) is 25.4 Å². The van der Waals surface area contributed by atoms with Crippen LogP contribution in [0, 0.1) is 5.82 Å². The topological polar surface area (TPSA) is 104 Å². The van der Waals surface area contributed by atoms with E-state index in [-0.39, 0.29) is 46.8 Å². The number of benzene rings is 1. The summed E-state index contributed by atoms with van der Waals surface area (Å²) in [6.45, 7) is 9.05. The summed E-state index contributed by atoms with van der Waals surface area (Å²) >= 11 is 10.1. The normalized spacial score (nSPS) is 24.3. The summed E-state index contributed by atoms with van der Waals surface area (Å²) in [5.74, 6) is -0.350. The number of nitrogens with zero attached hydrogens (tertiary/aromatic N) is 3. The first-order valence-corrected chi connectivity index (χ1v) is 15.3. The Labute approximate surface area is 252 Å². The maximum Gasteiger partial charge on any atom is 0.522 e. The molecule has 0 spiro atoms. The van der Waals surface area contributed by atoms with E-state index < -0.39 is 38.1 Å². The van der Waals surface area contributed by atoms with E-state index in [1.807, 2.05) is 6.92 Å². The summed E-state index contributed by atoms with van der Waals surface area (Å²) in [7, 11) is -1.22. The number of ketones is 1. The fourth-order valence-electron chi connectivity index (χ4n) is 3.94. The van der Waals surface area contributed by atoms with Crippen molar-refractivity contribution in [2.24, 2.45) is 0 Å². The number of carbonyl (C=O) groups excluding carboxylic acids is 2. The second-order valence-electron chi connectivity index (χ2n) is 11.3. The van der Waals surface area contributed by atoms with Crippen molar-refractivity contribution in [2.45, 2.75) is 82.6 Å². The van der Waals surface area contributed by atoms with Gasteiger partial charge in [-0.3, -0.25) is 14.2 Å². The van der Waals surface area contributed by atoms with Gasteiger partial charge in [0, 0.05) is 23.3 Å². The van der Waals surface area contributed by atoms with E-state index >= 15 is 0 Å². The molecule has 1 saturated carbocycles. The van der Waals surface area contributed by atoms with Crippen LogP contribution in [0.1, 0.15) is 65.7 Å². The van der Waals surface area contributed by atoms with Crippen LogP contribution in [-0.2, 0) is 14.3 Å². The first kappa shape index (κ1) is 34.3. The molecule has 42 heavy (non-hydrogen) atoms. The molecule has 2 heterocycles. The van der Waals surface area contributed by atoms with Gasteiger partial charge in [0.25, 0.3) is 0 Å². The Morgan fingerprint density at radius 2 is 1.93 bits per heavy atom. The molecule has 1 saturated heterocycles. The number of aromatic nitrogens is 2. The molecule has 2 fully saturated rings. The van der Waals surface area contributed by atoms with E-state index in [4.69, 9.17) is 25.6 Å². The molecule has 4 rings (SSSR count). The molecule has 16 heteroatoms. The number of rotatable bonds is 6. The van der Waals surface area contributed by atoms with Crippen LogP contribution in [0.25, 0.3) is 0 Å². The molecular formula is C26H33ClF4N3O6PS. The molecule has 9 nitrogen and oxygen atoms in total. The van der Waals surface area contributed by atoms with Crippen molar-refractivity contribution < 1.29 is 45.9 Å². The van der Waals surface area contributed by atoms with E-state index in [9.17, 15) is 27.2 Å². The lowest BCUT2D eigenvalue weighted by molar-refractivity contribution is -0.352. The van der Waals surface area contributed by atoms with Gasteiger partial charge in [-0.05, 0) is 72.2 Å². The molecule has 0 N–H and O–H groups in total. The Morgan fingerprint density at radius 1 is 1.26 bits per heavy atom. The fourth-order valence-corrected chi connectivity index (χ4v) is 7.03. The second-order valence-corrected chi connectivity index (χ2v) is 14.9. The highest BCUT2D eigenvalue weighted by atomic mass is 35.5. The minimum Gasteiger partial charge on any atom is -0.486 e. The minimum absolute atomic E-state index is 0.0372. The number of hydrogen-bond acceptors (Lipinski definition) is 9. The Kier molecular flexibility index (Phi) is 11.2. The molecule has 2 aliphatic rings. The van der Waals surface area contributed by atoms with E-state index in [1.165, 1.54) is 19.1 Å². The van der Waals surface area contributed by atoms with Crippen LogP contribution in [0.15, 0.2) is 22.7 Å². The average Bonchev–Trinajstić information content (AvgIpc) is 3.29. The quantitative estimate of drug-likeness (QED) is 0.209. The van der Waals surface area contributed by atoms with E-state index in [0.717, 1.165) is 12.5 Å². The molecule has 1 unspecified atom stereocenters. The van der Waals surface area contributed by atoms with Crippen molar-refractivity contribution >= 4 is 49.7 Å². The number of amides is 1. The molecule has 1 aromatic carbocycles. The summed E-state index contributed by atoms with van der Waals surface area (Å²) in [4.78, 5) is 27.7. The molecule has 1 aromatic heterocycles. The zero-order valence-corrected chi connectivity index (χ0v) is 26.2. The minimum atomic E-state index is -4.64. The number of carbonyl (C=O) groups is 2. The van der Waals surface area contributed by atoms with Crippen LogP contribution in [0.2, 0.25) is 5.02 Å². The van der Waals surface area contributed by atoms with Gasteiger partial charge in [-0.15, -0.1) is 13.2 Å². The number of hydrogen-bond donors (Lipinski definition) is 1. The van der Waals surface area contributed by atoms with Crippen LogP contribution >= 0.6 is 32.3 Å². The maximum atomic E-state index is 12.8. The van der Waals surface area contributed by atoms with Crippen molar-refractivity contribution in [1.82, 2.24) is 14.8 Å². The van der Waals surface area contributed by atoms with Gasteiger partial charge >= 0.3 is 12.5 Å². The van der Waals surface area contributed by atoms with Gasteiger partial charge in [-0.2, -0.15) is 17.6 Å². The molecule has 0 radical (unpaired) electrons. The molecule has 0 bridgehead atoms. The molecule has 2 atom stereocenters. The second kappa shape index (κ2) is 13.7. The Morgan fingerprint density at radius 3 is 2.50 bits per heavy atom. The van der Waals surface area contributed by atoms with Crippen LogP contribution in [0.3, 0.4) is 0 Å². The summed E-state index contributed by atoms with van der Waals surface area (Å²) in [5.41, 5.74) is -0.255. The van der Waals surface area contributed by atoms with Gasteiger partial charge in [0.05, 0.1) is 19.2 Å². The summed E-state index contributed by atoms with van der Waals surface area (Å²) in [6.07, 6.45) is -4.26. The van der Waals surface area contributed by atoms with Gasteiger partial charge in [-0.1, -0.05) is 16.8 Å². The van der Waals surface area contributed by atoms with E-state index in [0.29, 0.717) is 24.0 Å². The smallest absolute Gasteiger partial charge is 0.486 e. The first-order chi connectivity index (χ1) is 19.3. The molecule has 1 aliphatic carbocycles. The lowest BCUT2D eigenvalue weighted by Crippen LogP contribution is -2.47. The van der Waals surface area contributed by atoms with Crippen molar-refractivity contribution in [2.75, 3.05) is 19.3 Å². The first-order valence-electron chi connectivity index (χ1n) is 13.0. The average molecular weight is 658 g/mol. The third kappa shape index (κ3) is 10.5. The molecule has 1 aliphatic heterocycles. The fraction of sp³-hybridized carbons (Fsp3) is 0.615. The highest BCUT2D eigenvalue weighted by Gasteiger charge is 2.44. The van der Waals surface area contributed by atoms with Crippen LogP contribution in [0.5, 0.6) is 5.75 Å². The van der Waals surface area contributed by atoms with Crippen molar-refractivity contribution in [3.8, 4) is 5.75 Å². The lowest BCUT2D eigenvalue weighted by atomic mass is 9.82. The highest BCUT2D eigenvalue weighted by Crippen LogP contribution is 2.48. The van der Waals surface area contributed by atoms with Gasteiger partial charge in [0.1, 0.15) is 23.8 Å². The number of thiol groups is 1. The van der Waals surface area contributed by atoms with Crippen LogP contribution in [0.4, 0.5) is 22.4 Å². The van der Waals surface area contributed by atoms with Crippen molar-refractivity contribution in [3.05, 3.63) is 34.9 Å². The molecule has 2 aromatic rings. The summed E-state index contributed by atoms with van der Waals surface area (Å²) < 4.78 is 70.7. The zero-order valence-electron chi connectivity index (χ0n) is 23.7. The van der Waals surface area contributed by atoms with Crippen molar-refractivity contribution in [3.63, 3.8) is 0 Å². The Bertz CT molecular complexity index is 1250. The Balaban J connectivity index is 0.000000312. The molecule has 1 amide bonds. The largest absolute Gasteiger partial charge is 0.522 e. The third-order valence-corrected chi connectivity index (χ3v) is 8.84. The predicted octanol–water partition coefficient (Wildman–Crippen LogP) is 6.65. The van der Waals surface area contributed by atoms with Gasteiger partial charge < -0.3 is 14.0 Å². The van der Waals surface area contributed by atoms with Crippen LogP contribution in [-0.4, -0.2) is 68.8 Å². The summed E-state index contributed by atoms with van der Waals surface area (Å²) in [5, 5.41) is 4.06. The number of ether oxygens (including phenoxy) is 3. The van der Waals surface area contributed by atoms with Gasteiger partial charge in [0.15, 0.2) is 5.78 Å². The van der Waals surface area contributed by atoms with Crippen LogP contribution < -0.4 is 10.3 Å². The number of Topliss-reactive ketones (excluding diaryl/α,β-unsaturated/α-hetero) is 1. The molecular weight excluding hydrogens is 625 g/mol. The lowest BCUT2D eigenvalue weighted by Gasteiger charge is -2.41. The highest BCUT2D eigenvalue weighted by molar-refractivity contribution is 7.82. The van der Waals surface area contributed by atoms with E-state index in [2.05, 4.69) is 27.5 Å². The van der Waals surface area contributed by atoms with Gasteiger partial charge in [0.2, 0.25) is 11.5 Å². The van der Waals surface area contributed by atoms with Crippen molar-refractivity contribution in [1.29, 1.82) is 0 Å². The molecule has 234 valence electrons. The number of halogens is 5. The zero-order chi connectivity index (χ0) is 31.5. The Hall–Kier alpha value is -2.15. The summed E-state index contributed by atoms with van der Waals surface area (Å²) in [6, 6.07) is 4.03. The van der Waals surface area contributed by atoms with Gasteiger partial charge in [-0.25, -0.2) is 9.18 Å². The predicted molar refractivity (Wildman–Crippen MR) is 151 cm³/mol. The number of alkyl halides is 3. The standard InChI is InChI=1S/C17H25F3N3O4PS.C9H8ClFO2/c1-15(2,3)26-14(24)23-9-16(4,29)5-6-28(23)13-21-12(27-22-13)10-7-11(8-10)25-17(18,19)20;1-6(12)5-13-7-2-3-8(10)9(11)4-7/h10-11,29H,5-9H2,1-4H3;2-4H,5H2,1H3/t10?,11?,16-,28?;/m0./s1. The third-order valence-electron chi connectivity index (χ3n) is 5.99. The SMILES string of the molecule is CC(=O)COc1ccc(Cl)c(F)c1.CC(C)(C)OC(=O)N1C[C@@](C)(S)CCP1c1noc(C2CC(OC(F)(F)F)C2)n1. The maximum absolute atomic E-state index is 12.8. The monoisotopic (exact) mass is 657 g/mol.